The van der Waals surface area contributed by atoms with E-state index in [4.69, 9.17) is 28.4 Å². The van der Waals surface area contributed by atoms with Crippen LogP contribution >= 0.6 is 0 Å². The lowest BCUT2D eigenvalue weighted by Crippen LogP contribution is -2.66. The Morgan fingerprint density at radius 2 is 0.673 bits per heavy atom. The van der Waals surface area contributed by atoms with Crippen molar-refractivity contribution in [2.75, 3.05) is 26.4 Å². The largest absolute Gasteiger partial charge is 0.394 e. The summed E-state index contributed by atoms with van der Waals surface area (Å²) in [5.41, 5.74) is 0. The van der Waals surface area contributed by atoms with E-state index in [0.717, 1.165) is 128 Å². The minimum absolute atomic E-state index is 0.189. The van der Waals surface area contributed by atoms with Gasteiger partial charge in [-0.25, -0.2) is 0 Å². The average molecular weight is 1460 g/mol. The number of carbonyl (C=O) groups is 1. The van der Waals surface area contributed by atoms with Crippen molar-refractivity contribution in [3.05, 3.63) is 182 Å². The normalized spacial score (nSPS) is 27.0. The lowest BCUT2D eigenvalue weighted by Gasteiger charge is -2.48. The van der Waals surface area contributed by atoms with E-state index in [2.05, 4.69) is 189 Å². The highest BCUT2D eigenvalue weighted by Crippen LogP contribution is 2.33. The van der Waals surface area contributed by atoms with Gasteiger partial charge in [0.05, 0.1) is 38.6 Å². The van der Waals surface area contributed by atoms with E-state index < -0.39 is 131 Å². The van der Waals surface area contributed by atoms with Crippen molar-refractivity contribution in [3.63, 3.8) is 0 Å². The summed E-state index contributed by atoms with van der Waals surface area (Å²) in [7, 11) is 0. The number of ether oxygens (including phenoxy) is 6. The molecule has 17 unspecified atom stereocenters. The third-order valence-corrected chi connectivity index (χ3v) is 17.9. The maximum absolute atomic E-state index is 13.4. The Hall–Kier alpha value is -5.11. The van der Waals surface area contributed by atoms with Gasteiger partial charge in [0, 0.05) is 6.42 Å². The SMILES string of the molecule is CC/C=C\C/C=C\C/C=C\C/C=C\C/C=C\C/C=C\C/C=C\C/C=C\C/C=C\C/C=C\C/C=C\C/C=C\CCCCCCC(=O)NC(COC1OC(CO)C(OC2OC(CO)C(OC3OC(CO)C(O)C(O)C3O)C(O)C2O)C(O)C1O)C(O)/C=C/CC/C=C/CC/C=C/CCCCCCCCCC. The van der Waals surface area contributed by atoms with Crippen LogP contribution in [0.5, 0.6) is 0 Å². The summed E-state index contributed by atoms with van der Waals surface area (Å²) >= 11 is 0. The summed E-state index contributed by atoms with van der Waals surface area (Å²) in [5.74, 6) is -0.322. The molecule has 0 bridgehead atoms. The lowest BCUT2D eigenvalue weighted by molar-refractivity contribution is -0.379. The molecule has 3 heterocycles. The highest BCUT2D eigenvalue weighted by molar-refractivity contribution is 5.76. The van der Waals surface area contributed by atoms with E-state index >= 15 is 0 Å². The van der Waals surface area contributed by atoms with Crippen LogP contribution in [0.4, 0.5) is 0 Å². The predicted molar refractivity (Wildman–Crippen MR) is 414 cm³/mol. The molecule has 3 aliphatic rings. The maximum atomic E-state index is 13.4. The van der Waals surface area contributed by atoms with E-state index in [9.17, 15) is 61.0 Å². The van der Waals surface area contributed by atoms with Crippen LogP contribution in [0.25, 0.3) is 0 Å². The predicted octanol–water partition coefficient (Wildman–Crippen LogP) is 12.8. The van der Waals surface area contributed by atoms with Crippen LogP contribution in [-0.2, 0) is 33.2 Å². The van der Waals surface area contributed by atoms with E-state index in [1.165, 1.54) is 51.4 Å². The summed E-state index contributed by atoms with van der Waals surface area (Å²) < 4.78 is 34.3. The molecule has 0 saturated carbocycles. The third-order valence-electron chi connectivity index (χ3n) is 17.9. The molecule has 1 amide bonds. The highest BCUT2D eigenvalue weighted by atomic mass is 16.8. The molecule has 3 aliphatic heterocycles. The molecule has 12 N–H and O–H groups in total. The van der Waals surface area contributed by atoms with Crippen LogP contribution in [0.1, 0.15) is 213 Å². The quantitative estimate of drug-likeness (QED) is 0.0199. The average Bonchev–Trinajstić information content (AvgIpc) is 0.783. The fourth-order valence-corrected chi connectivity index (χ4v) is 11.7. The van der Waals surface area contributed by atoms with Gasteiger partial charge in [0.2, 0.25) is 5.91 Å². The van der Waals surface area contributed by atoms with Crippen LogP contribution < -0.4 is 5.32 Å². The van der Waals surface area contributed by atoms with Crippen molar-refractivity contribution in [1.29, 1.82) is 0 Å². The van der Waals surface area contributed by atoms with Crippen molar-refractivity contribution < 1.29 is 89.4 Å². The van der Waals surface area contributed by atoms with Gasteiger partial charge in [0.25, 0.3) is 0 Å². The molecule has 104 heavy (non-hydrogen) atoms. The first-order valence-corrected chi connectivity index (χ1v) is 39.0. The van der Waals surface area contributed by atoms with E-state index in [1.54, 1.807) is 6.08 Å². The molecule has 17 atom stereocenters. The topological polar surface area (TPSA) is 307 Å². The van der Waals surface area contributed by atoms with Gasteiger partial charge in [-0.2, -0.15) is 0 Å². The zero-order chi connectivity index (χ0) is 75.3. The van der Waals surface area contributed by atoms with Gasteiger partial charge in [0.15, 0.2) is 18.9 Å². The fraction of sp³-hybridized carbons (Fsp3) is 0.635. The van der Waals surface area contributed by atoms with Crippen LogP contribution in [0.15, 0.2) is 182 Å². The molecule has 0 aromatic rings. The number of carbonyl (C=O) groups excluding carboxylic acids is 1. The van der Waals surface area contributed by atoms with Crippen LogP contribution in [0.2, 0.25) is 0 Å². The first-order valence-electron chi connectivity index (χ1n) is 39.0. The number of amides is 1. The van der Waals surface area contributed by atoms with Gasteiger partial charge in [-0.3, -0.25) is 4.79 Å². The number of aliphatic hydroxyl groups is 11. The summed E-state index contributed by atoms with van der Waals surface area (Å²) in [6.07, 6.45) is 68.7. The van der Waals surface area contributed by atoms with E-state index in [1.807, 2.05) is 6.08 Å². The summed E-state index contributed by atoms with van der Waals surface area (Å²) in [5, 5.41) is 121. The van der Waals surface area contributed by atoms with Crippen molar-refractivity contribution in [3.8, 4) is 0 Å². The minimum atomic E-state index is -1.99. The second-order valence-electron chi connectivity index (χ2n) is 26.7. The summed E-state index contributed by atoms with van der Waals surface area (Å²) in [4.78, 5) is 13.4. The molecule has 0 radical (unpaired) electrons. The van der Waals surface area contributed by atoms with Crippen LogP contribution in [0, 0.1) is 0 Å². The molecule has 3 rings (SSSR count). The molecule has 0 spiro atoms. The monoisotopic (exact) mass is 1460 g/mol. The summed E-state index contributed by atoms with van der Waals surface area (Å²) in [6.45, 7) is 1.54. The number of allylic oxidation sites excluding steroid dienone is 29. The van der Waals surface area contributed by atoms with Gasteiger partial charge >= 0.3 is 0 Å². The van der Waals surface area contributed by atoms with Crippen molar-refractivity contribution >= 4 is 5.91 Å². The second-order valence-corrected chi connectivity index (χ2v) is 26.7. The lowest BCUT2D eigenvalue weighted by atomic mass is 9.96. The van der Waals surface area contributed by atoms with Crippen LogP contribution in [-0.4, -0.2) is 193 Å². The smallest absolute Gasteiger partial charge is 0.220 e. The van der Waals surface area contributed by atoms with Gasteiger partial charge in [-0.15, -0.1) is 0 Å². The first-order chi connectivity index (χ1) is 50.8. The van der Waals surface area contributed by atoms with Gasteiger partial charge < -0.3 is 89.9 Å². The number of aliphatic hydroxyl groups excluding tert-OH is 11. The van der Waals surface area contributed by atoms with E-state index in [-0.39, 0.29) is 12.3 Å². The van der Waals surface area contributed by atoms with E-state index in [0.29, 0.717) is 12.8 Å². The molecule has 3 saturated heterocycles. The number of hydrogen-bond acceptors (Lipinski definition) is 18. The molecular weight excluding hydrogens is 1320 g/mol. The van der Waals surface area contributed by atoms with Crippen LogP contribution in [0.3, 0.4) is 0 Å². The Morgan fingerprint density at radius 1 is 0.356 bits per heavy atom. The standard InChI is InChI=1S/C85H135NO18/c1-3-5-7-9-11-13-15-17-19-21-23-24-25-26-27-28-29-30-31-32-33-34-35-36-37-38-39-40-41-42-43-44-45-47-49-51-53-55-57-59-61-63-73(91)86-68(69(90)62-60-58-56-54-52-50-48-46-22-20-18-16-14-12-10-8-6-4-2)67-99-83-79(97)76(94)81(71(65-88)101-83)104-85-80(98)77(95)82(72(66-89)102-85)103-84-78(96)75(93)74(92)70(64-87)100-84/h5,7,11,13,17,19,22-24,26-27,29-30,32-33,35-36,38-39,41-42,44-46,49,51-52,54,60,62,68-72,74-85,87-90,92-98H,3-4,6,8-10,12,14-16,18,20-21,25,28,31,34,37,40,43,47-48,50,53,55-59,61,63-67H2,1-2H3,(H,86,91)/b7-5-,13-11-,19-17-,24-23-,27-26-,30-29-,33-32-,36-35-,39-38-,42-41-,45-44-,46-22+,51-49-,54-52+,62-60+. The van der Waals surface area contributed by atoms with Gasteiger partial charge in [-0.1, -0.05) is 254 Å². The minimum Gasteiger partial charge on any atom is -0.394 e. The van der Waals surface area contributed by atoms with Gasteiger partial charge in [-0.05, 0) is 135 Å². The Balaban J connectivity index is 1.38. The molecule has 0 aliphatic carbocycles. The highest BCUT2D eigenvalue weighted by Gasteiger charge is 2.53. The summed E-state index contributed by atoms with van der Waals surface area (Å²) in [6, 6.07) is -1.03. The molecule has 0 aromatic carbocycles. The second kappa shape index (κ2) is 62.9. The molecule has 3 fully saturated rings. The maximum Gasteiger partial charge on any atom is 0.220 e. The zero-order valence-corrected chi connectivity index (χ0v) is 62.7. The Bertz CT molecular complexity index is 2600. The Kier molecular flexibility index (Phi) is 56.3. The van der Waals surface area contributed by atoms with Crippen molar-refractivity contribution in [2.45, 2.75) is 317 Å². The molecule has 19 nitrogen and oxygen atoms in total. The molecular formula is C85H135NO18. The molecule has 0 aromatic heterocycles. The number of hydrogen-bond donors (Lipinski definition) is 12. The molecule has 588 valence electrons. The Labute approximate surface area is 623 Å². The number of rotatable bonds is 58. The fourth-order valence-electron chi connectivity index (χ4n) is 11.7. The first kappa shape index (κ1) is 93.1. The third kappa shape index (κ3) is 42.4. The van der Waals surface area contributed by atoms with Crippen molar-refractivity contribution in [1.82, 2.24) is 5.32 Å². The number of unbranched alkanes of at least 4 members (excludes halogenated alkanes) is 14. The van der Waals surface area contributed by atoms with Gasteiger partial charge in [0.1, 0.15) is 73.2 Å². The number of nitrogens with one attached hydrogen (secondary N) is 1. The van der Waals surface area contributed by atoms with Crippen molar-refractivity contribution in [2.24, 2.45) is 0 Å². The Morgan fingerprint density at radius 3 is 1.08 bits per heavy atom. The zero-order valence-electron chi connectivity index (χ0n) is 62.7. The molecule has 19 heteroatoms.